The molecule has 1 fully saturated rings. The summed E-state index contributed by atoms with van der Waals surface area (Å²) in [5, 5.41) is 2.69. The smallest absolute Gasteiger partial charge is 0.311 e. The fourth-order valence-corrected chi connectivity index (χ4v) is 3.59. The molecule has 1 aliphatic heterocycles. The van der Waals surface area contributed by atoms with Gasteiger partial charge in [-0.15, -0.1) is 0 Å². The minimum absolute atomic E-state index is 0.0812. The van der Waals surface area contributed by atoms with Crippen molar-refractivity contribution in [3.05, 3.63) is 58.1 Å². The van der Waals surface area contributed by atoms with E-state index in [4.69, 9.17) is 4.74 Å². The number of anilines is 2. The maximum Gasteiger partial charge on any atom is 0.311 e. The fourth-order valence-electron chi connectivity index (χ4n) is 3.00. The first-order chi connectivity index (χ1) is 13.3. The van der Waals surface area contributed by atoms with E-state index in [1.807, 2.05) is 50.2 Å². The summed E-state index contributed by atoms with van der Waals surface area (Å²) in [7, 11) is 0. The minimum Gasteiger partial charge on any atom is -0.455 e. The molecule has 1 unspecified atom stereocenters. The lowest BCUT2D eigenvalue weighted by molar-refractivity contribution is -0.151. The van der Waals surface area contributed by atoms with E-state index in [1.165, 1.54) is 0 Å². The van der Waals surface area contributed by atoms with Gasteiger partial charge in [-0.05, 0) is 59.6 Å². The van der Waals surface area contributed by atoms with Gasteiger partial charge in [-0.25, -0.2) is 0 Å². The Balaban J connectivity index is 1.53. The van der Waals surface area contributed by atoms with E-state index in [2.05, 4.69) is 21.2 Å². The number of carbonyl (C=O) groups excluding carboxylic acids is 3. The number of ether oxygens (including phenoxy) is 1. The summed E-state index contributed by atoms with van der Waals surface area (Å²) >= 11 is 3.38. The predicted molar refractivity (Wildman–Crippen MR) is 110 cm³/mol. The second kappa shape index (κ2) is 8.56. The van der Waals surface area contributed by atoms with Crippen molar-refractivity contribution in [2.45, 2.75) is 20.3 Å². The molecule has 146 valence electrons. The van der Waals surface area contributed by atoms with E-state index in [1.54, 1.807) is 11.0 Å². The molecule has 0 spiro atoms. The first kappa shape index (κ1) is 20.1. The van der Waals surface area contributed by atoms with E-state index < -0.39 is 24.4 Å². The average molecular weight is 445 g/mol. The molecule has 0 aliphatic carbocycles. The van der Waals surface area contributed by atoms with Crippen LogP contribution in [0.2, 0.25) is 0 Å². The topological polar surface area (TPSA) is 75.7 Å². The first-order valence-corrected chi connectivity index (χ1v) is 9.72. The minimum atomic E-state index is -0.576. The molecular formula is C21H21BrN2O4. The second-order valence-corrected chi connectivity index (χ2v) is 7.73. The van der Waals surface area contributed by atoms with Crippen LogP contribution < -0.4 is 10.2 Å². The number of benzene rings is 2. The number of hydrogen-bond donors (Lipinski definition) is 1. The molecule has 3 rings (SSSR count). The number of nitrogens with zero attached hydrogens (tertiary/aromatic N) is 1. The SMILES string of the molecule is Cc1ccc(N2CC(C(=O)OCC(=O)Nc3ccc(C)cc3Br)CC2=O)cc1. The van der Waals surface area contributed by atoms with E-state index in [9.17, 15) is 14.4 Å². The number of halogens is 1. The molecule has 1 N–H and O–H groups in total. The molecule has 0 saturated carbocycles. The molecule has 0 radical (unpaired) electrons. The van der Waals surface area contributed by atoms with Gasteiger partial charge in [0, 0.05) is 23.1 Å². The van der Waals surface area contributed by atoms with Gasteiger partial charge in [0.2, 0.25) is 5.91 Å². The zero-order valence-electron chi connectivity index (χ0n) is 15.7. The normalized spacial score (nSPS) is 16.2. The summed E-state index contributed by atoms with van der Waals surface area (Å²) in [4.78, 5) is 38.2. The molecular weight excluding hydrogens is 424 g/mol. The highest BCUT2D eigenvalue weighted by Gasteiger charge is 2.36. The third kappa shape index (κ3) is 4.78. The number of rotatable bonds is 5. The van der Waals surface area contributed by atoms with Crippen molar-refractivity contribution in [1.82, 2.24) is 0 Å². The van der Waals surface area contributed by atoms with Crippen molar-refractivity contribution >= 4 is 45.1 Å². The predicted octanol–water partition coefficient (Wildman–Crippen LogP) is 3.60. The molecule has 0 bridgehead atoms. The largest absolute Gasteiger partial charge is 0.455 e. The van der Waals surface area contributed by atoms with Crippen molar-refractivity contribution in [2.75, 3.05) is 23.4 Å². The molecule has 0 aromatic heterocycles. The molecule has 2 amide bonds. The second-order valence-electron chi connectivity index (χ2n) is 6.88. The Morgan fingerprint density at radius 1 is 1.14 bits per heavy atom. The van der Waals surface area contributed by atoms with E-state index >= 15 is 0 Å². The monoisotopic (exact) mass is 444 g/mol. The Morgan fingerprint density at radius 2 is 1.82 bits per heavy atom. The lowest BCUT2D eigenvalue weighted by Gasteiger charge is -2.16. The summed E-state index contributed by atoms with van der Waals surface area (Å²) in [5.74, 6) is -1.68. The van der Waals surface area contributed by atoms with Crippen LogP contribution in [-0.4, -0.2) is 30.9 Å². The Hall–Kier alpha value is -2.67. The van der Waals surface area contributed by atoms with Crippen molar-refractivity contribution < 1.29 is 19.1 Å². The highest BCUT2D eigenvalue weighted by atomic mass is 79.9. The van der Waals surface area contributed by atoms with Crippen molar-refractivity contribution in [3.63, 3.8) is 0 Å². The maximum absolute atomic E-state index is 12.3. The van der Waals surface area contributed by atoms with Crippen LogP contribution in [0.1, 0.15) is 17.5 Å². The molecule has 6 nitrogen and oxygen atoms in total. The lowest BCUT2D eigenvalue weighted by Crippen LogP contribution is -2.28. The van der Waals surface area contributed by atoms with Crippen LogP contribution in [0.4, 0.5) is 11.4 Å². The Morgan fingerprint density at radius 3 is 2.50 bits per heavy atom. The molecule has 1 atom stereocenters. The van der Waals surface area contributed by atoms with E-state index in [0.717, 1.165) is 21.3 Å². The third-order valence-corrected chi connectivity index (χ3v) is 5.20. The summed E-state index contributed by atoms with van der Waals surface area (Å²) in [5.41, 5.74) is 3.51. The van der Waals surface area contributed by atoms with Crippen LogP contribution in [0.15, 0.2) is 46.9 Å². The first-order valence-electron chi connectivity index (χ1n) is 8.93. The zero-order chi connectivity index (χ0) is 20.3. The number of hydrogen-bond acceptors (Lipinski definition) is 4. The van der Waals surface area contributed by atoms with Crippen LogP contribution in [-0.2, 0) is 19.1 Å². The zero-order valence-corrected chi connectivity index (χ0v) is 17.3. The number of aryl methyl sites for hydroxylation is 2. The molecule has 2 aromatic carbocycles. The highest BCUT2D eigenvalue weighted by molar-refractivity contribution is 9.10. The average Bonchev–Trinajstić information content (AvgIpc) is 3.04. The molecule has 1 heterocycles. The van der Waals surface area contributed by atoms with Crippen LogP contribution in [0, 0.1) is 19.8 Å². The molecule has 28 heavy (non-hydrogen) atoms. The van der Waals surface area contributed by atoms with Crippen molar-refractivity contribution in [1.29, 1.82) is 0 Å². The molecule has 1 aliphatic rings. The van der Waals surface area contributed by atoms with Crippen LogP contribution in [0.25, 0.3) is 0 Å². The van der Waals surface area contributed by atoms with Crippen LogP contribution >= 0.6 is 15.9 Å². The van der Waals surface area contributed by atoms with Gasteiger partial charge in [0.1, 0.15) is 0 Å². The van der Waals surface area contributed by atoms with E-state index in [0.29, 0.717) is 5.69 Å². The Bertz CT molecular complexity index is 911. The molecule has 7 heteroatoms. The summed E-state index contributed by atoms with van der Waals surface area (Å²) in [6.07, 6.45) is 0.0812. The summed E-state index contributed by atoms with van der Waals surface area (Å²) in [6, 6.07) is 13.1. The third-order valence-electron chi connectivity index (χ3n) is 4.55. The van der Waals surface area contributed by atoms with Gasteiger partial charge in [-0.2, -0.15) is 0 Å². The van der Waals surface area contributed by atoms with Gasteiger partial charge in [0.15, 0.2) is 6.61 Å². The Kier molecular flexibility index (Phi) is 6.14. The van der Waals surface area contributed by atoms with Gasteiger partial charge in [-0.3, -0.25) is 14.4 Å². The van der Waals surface area contributed by atoms with Gasteiger partial charge in [0.25, 0.3) is 5.91 Å². The quantitative estimate of drug-likeness (QED) is 0.714. The fraction of sp³-hybridized carbons (Fsp3) is 0.286. The summed E-state index contributed by atoms with van der Waals surface area (Å²) < 4.78 is 5.88. The van der Waals surface area contributed by atoms with Gasteiger partial charge < -0.3 is 15.0 Å². The van der Waals surface area contributed by atoms with Crippen molar-refractivity contribution in [2.24, 2.45) is 5.92 Å². The lowest BCUT2D eigenvalue weighted by atomic mass is 10.1. The Labute approximate surface area is 172 Å². The number of nitrogens with one attached hydrogen (secondary N) is 1. The summed E-state index contributed by atoms with van der Waals surface area (Å²) in [6.45, 7) is 3.77. The standard InChI is InChI=1S/C21H21BrN2O4/c1-13-3-6-16(7-4-13)24-11-15(10-20(24)26)21(27)28-12-19(25)23-18-8-5-14(2)9-17(18)22/h3-9,15H,10-12H2,1-2H3,(H,23,25). The number of amides is 2. The van der Waals surface area contributed by atoms with Gasteiger partial charge in [-0.1, -0.05) is 23.8 Å². The van der Waals surface area contributed by atoms with Crippen molar-refractivity contribution in [3.8, 4) is 0 Å². The van der Waals surface area contributed by atoms with Gasteiger partial charge >= 0.3 is 5.97 Å². The van der Waals surface area contributed by atoms with Crippen LogP contribution in [0.3, 0.4) is 0 Å². The van der Waals surface area contributed by atoms with E-state index in [-0.39, 0.29) is 18.9 Å². The molecule has 1 saturated heterocycles. The highest BCUT2D eigenvalue weighted by Crippen LogP contribution is 2.26. The number of esters is 1. The maximum atomic E-state index is 12.3. The van der Waals surface area contributed by atoms with Gasteiger partial charge in [0.05, 0.1) is 11.6 Å². The molecule has 2 aromatic rings. The van der Waals surface area contributed by atoms with Crippen LogP contribution in [0.5, 0.6) is 0 Å². The number of carbonyl (C=O) groups is 3.